The van der Waals surface area contributed by atoms with Crippen LogP contribution in [-0.4, -0.2) is 15.5 Å². The molecule has 6 nitrogen and oxygen atoms in total. The third-order valence-corrected chi connectivity index (χ3v) is 3.59. The molecule has 3 rings (SSSR count). The quantitative estimate of drug-likeness (QED) is 0.777. The summed E-state index contributed by atoms with van der Waals surface area (Å²) in [5.41, 5.74) is 0.181. The van der Waals surface area contributed by atoms with Crippen LogP contribution < -0.4 is 15.6 Å². The normalized spacial score (nSPS) is 10.3. The van der Waals surface area contributed by atoms with Crippen molar-refractivity contribution in [3.8, 4) is 11.5 Å². The van der Waals surface area contributed by atoms with Crippen LogP contribution in [0.2, 0.25) is 5.02 Å². The molecule has 0 saturated heterocycles. The molecule has 0 atom stereocenters. The average Bonchev–Trinajstić information content (AvgIpc) is 2.59. The molecular formula is C18H14ClN3O3. The van der Waals surface area contributed by atoms with Gasteiger partial charge in [-0.3, -0.25) is 9.59 Å². The van der Waals surface area contributed by atoms with Crippen LogP contribution in [0.5, 0.6) is 11.5 Å². The Morgan fingerprint density at radius 2 is 2.00 bits per heavy atom. The third kappa shape index (κ3) is 4.24. The molecule has 0 aliphatic rings. The first-order valence-electron chi connectivity index (χ1n) is 7.39. The molecule has 1 aromatic carbocycles. The second-order valence-corrected chi connectivity index (χ2v) is 5.70. The molecule has 3 aromatic rings. The Morgan fingerprint density at radius 1 is 1.16 bits per heavy atom. The van der Waals surface area contributed by atoms with E-state index in [9.17, 15) is 9.59 Å². The first kappa shape index (κ1) is 16.7. The van der Waals surface area contributed by atoms with Crippen molar-refractivity contribution in [3.05, 3.63) is 81.9 Å². The van der Waals surface area contributed by atoms with Crippen LogP contribution in [0.1, 0.15) is 10.4 Å². The highest BCUT2D eigenvalue weighted by molar-refractivity contribution is 6.30. The zero-order chi connectivity index (χ0) is 17.8. The van der Waals surface area contributed by atoms with Gasteiger partial charge in [-0.05, 0) is 36.4 Å². The van der Waals surface area contributed by atoms with Gasteiger partial charge in [0.25, 0.3) is 5.91 Å². The molecule has 1 N–H and O–H groups in total. The van der Waals surface area contributed by atoms with Crippen LogP contribution >= 0.6 is 11.6 Å². The zero-order valence-electron chi connectivity index (χ0n) is 13.3. The third-order valence-electron chi connectivity index (χ3n) is 3.36. The van der Waals surface area contributed by atoms with Gasteiger partial charge in [0.1, 0.15) is 17.3 Å². The number of anilines is 1. The SMILES string of the molecule is Cn1cc(C(=O)Nc2ccc(Oc3cccc(Cl)c3)cn2)ccc1=O. The lowest BCUT2D eigenvalue weighted by Crippen LogP contribution is -2.19. The molecule has 2 aromatic heterocycles. The lowest BCUT2D eigenvalue weighted by atomic mass is 10.2. The number of ether oxygens (including phenoxy) is 1. The van der Waals surface area contributed by atoms with Crippen molar-refractivity contribution >= 4 is 23.3 Å². The van der Waals surface area contributed by atoms with E-state index >= 15 is 0 Å². The lowest BCUT2D eigenvalue weighted by molar-refractivity contribution is 0.102. The number of rotatable bonds is 4. The van der Waals surface area contributed by atoms with E-state index in [4.69, 9.17) is 16.3 Å². The van der Waals surface area contributed by atoms with Gasteiger partial charge in [0.05, 0.1) is 11.8 Å². The standard InChI is InChI=1S/C18H14ClN3O3/c1-22-11-12(5-8-17(22)23)18(24)21-16-7-6-15(10-20-16)25-14-4-2-3-13(19)9-14/h2-11H,1H3,(H,20,21,24). The molecule has 0 bridgehead atoms. The number of benzene rings is 1. The highest BCUT2D eigenvalue weighted by atomic mass is 35.5. The van der Waals surface area contributed by atoms with Gasteiger partial charge in [0.2, 0.25) is 5.56 Å². The summed E-state index contributed by atoms with van der Waals surface area (Å²) in [6.07, 6.45) is 2.96. The van der Waals surface area contributed by atoms with Crippen molar-refractivity contribution in [1.82, 2.24) is 9.55 Å². The van der Waals surface area contributed by atoms with Crippen LogP contribution in [0, 0.1) is 0 Å². The van der Waals surface area contributed by atoms with Crippen molar-refractivity contribution in [2.24, 2.45) is 7.05 Å². The number of aryl methyl sites for hydroxylation is 1. The highest BCUT2D eigenvalue weighted by Gasteiger charge is 2.08. The van der Waals surface area contributed by atoms with Crippen molar-refractivity contribution in [3.63, 3.8) is 0 Å². The molecule has 2 heterocycles. The van der Waals surface area contributed by atoms with E-state index in [0.29, 0.717) is 27.9 Å². The number of carbonyl (C=O) groups is 1. The molecule has 25 heavy (non-hydrogen) atoms. The van der Waals surface area contributed by atoms with Gasteiger partial charge >= 0.3 is 0 Å². The molecule has 7 heteroatoms. The number of aromatic nitrogens is 2. The Bertz CT molecular complexity index is 968. The Labute approximate surface area is 148 Å². The number of halogens is 1. The maximum absolute atomic E-state index is 12.2. The maximum atomic E-state index is 12.2. The Hall–Kier alpha value is -3.12. The Morgan fingerprint density at radius 3 is 2.68 bits per heavy atom. The predicted molar refractivity (Wildman–Crippen MR) is 95.4 cm³/mol. The largest absolute Gasteiger partial charge is 0.456 e. The van der Waals surface area contributed by atoms with Crippen LogP contribution in [0.3, 0.4) is 0 Å². The van der Waals surface area contributed by atoms with Crippen molar-refractivity contribution in [2.45, 2.75) is 0 Å². The maximum Gasteiger partial charge on any atom is 0.258 e. The fourth-order valence-corrected chi connectivity index (χ4v) is 2.28. The monoisotopic (exact) mass is 355 g/mol. The van der Waals surface area contributed by atoms with Crippen molar-refractivity contribution in [2.75, 3.05) is 5.32 Å². The van der Waals surface area contributed by atoms with Crippen molar-refractivity contribution in [1.29, 1.82) is 0 Å². The summed E-state index contributed by atoms with van der Waals surface area (Å²) < 4.78 is 6.97. The van der Waals surface area contributed by atoms with Gasteiger partial charge in [-0.15, -0.1) is 0 Å². The number of pyridine rings is 2. The molecule has 0 saturated carbocycles. The van der Waals surface area contributed by atoms with E-state index < -0.39 is 0 Å². The number of hydrogen-bond donors (Lipinski definition) is 1. The van der Waals surface area contributed by atoms with Gasteiger partial charge in [0, 0.05) is 24.3 Å². The highest BCUT2D eigenvalue weighted by Crippen LogP contribution is 2.24. The van der Waals surface area contributed by atoms with E-state index in [2.05, 4.69) is 10.3 Å². The molecule has 0 fully saturated rings. The van der Waals surface area contributed by atoms with Gasteiger partial charge in [-0.2, -0.15) is 0 Å². The lowest BCUT2D eigenvalue weighted by Gasteiger charge is -2.08. The first-order valence-corrected chi connectivity index (χ1v) is 7.76. The molecule has 0 aliphatic heterocycles. The average molecular weight is 356 g/mol. The van der Waals surface area contributed by atoms with E-state index in [1.54, 1.807) is 43.4 Å². The topological polar surface area (TPSA) is 73.2 Å². The zero-order valence-corrected chi connectivity index (χ0v) is 14.0. The van der Waals surface area contributed by atoms with Gasteiger partial charge in [-0.1, -0.05) is 17.7 Å². The summed E-state index contributed by atoms with van der Waals surface area (Å²) in [5.74, 6) is 1.13. The summed E-state index contributed by atoms with van der Waals surface area (Å²) in [4.78, 5) is 27.7. The van der Waals surface area contributed by atoms with Crippen LogP contribution in [0.4, 0.5) is 5.82 Å². The van der Waals surface area contributed by atoms with Gasteiger partial charge < -0.3 is 14.6 Å². The van der Waals surface area contributed by atoms with E-state index in [-0.39, 0.29) is 11.5 Å². The van der Waals surface area contributed by atoms with Crippen LogP contribution in [0.15, 0.2) is 65.7 Å². The second-order valence-electron chi connectivity index (χ2n) is 5.26. The number of carbonyl (C=O) groups excluding carboxylic acids is 1. The van der Waals surface area contributed by atoms with E-state index in [1.165, 1.54) is 29.1 Å². The minimum Gasteiger partial charge on any atom is -0.456 e. The van der Waals surface area contributed by atoms with E-state index in [0.717, 1.165) is 0 Å². The first-order chi connectivity index (χ1) is 12.0. The minimum atomic E-state index is -0.355. The Kier molecular flexibility index (Phi) is 4.81. The van der Waals surface area contributed by atoms with Crippen molar-refractivity contribution < 1.29 is 9.53 Å². The molecule has 0 aliphatic carbocycles. The second kappa shape index (κ2) is 7.19. The summed E-state index contributed by atoms with van der Waals surface area (Å²) >= 11 is 5.91. The van der Waals surface area contributed by atoms with Crippen LogP contribution in [-0.2, 0) is 7.05 Å². The Balaban J connectivity index is 1.68. The smallest absolute Gasteiger partial charge is 0.258 e. The fourth-order valence-electron chi connectivity index (χ4n) is 2.10. The molecule has 0 spiro atoms. The molecule has 0 unspecified atom stereocenters. The molecular weight excluding hydrogens is 342 g/mol. The summed E-state index contributed by atoms with van der Waals surface area (Å²) in [6.45, 7) is 0. The van der Waals surface area contributed by atoms with E-state index in [1.807, 2.05) is 0 Å². The summed E-state index contributed by atoms with van der Waals surface area (Å²) in [5, 5.41) is 3.24. The number of nitrogens with one attached hydrogen (secondary N) is 1. The predicted octanol–water partition coefficient (Wildman–Crippen LogP) is 3.48. The number of hydrogen-bond acceptors (Lipinski definition) is 4. The molecule has 0 radical (unpaired) electrons. The number of amides is 1. The minimum absolute atomic E-state index is 0.183. The molecule has 126 valence electrons. The number of nitrogens with zero attached hydrogens (tertiary/aromatic N) is 2. The summed E-state index contributed by atoms with van der Waals surface area (Å²) in [7, 11) is 1.58. The van der Waals surface area contributed by atoms with Gasteiger partial charge in [0.15, 0.2) is 0 Å². The molecule has 1 amide bonds. The van der Waals surface area contributed by atoms with Gasteiger partial charge in [-0.25, -0.2) is 4.98 Å². The fraction of sp³-hybridized carbons (Fsp3) is 0.0556. The van der Waals surface area contributed by atoms with Crippen LogP contribution in [0.25, 0.3) is 0 Å². The summed E-state index contributed by atoms with van der Waals surface area (Å²) in [6, 6.07) is 13.1.